The Kier molecular flexibility index (Phi) is 3.85. The first-order valence-electron chi connectivity index (χ1n) is 6.33. The minimum Gasteiger partial charge on any atom is -0.481 e. The van der Waals surface area contributed by atoms with Gasteiger partial charge in [-0.25, -0.2) is 21.2 Å². The van der Waals surface area contributed by atoms with Crippen LogP contribution in [0, 0.1) is 5.82 Å². The number of carbonyl (C=O) groups is 1. The van der Waals surface area contributed by atoms with Gasteiger partial charge in [0.2, 0.25) is 0 Å². The van der Waals surface area contributed by atoms with Crippen molar-refractivity contribution < 1.29 is 31.1 Å². The van der Waals surface area contributed by atoms with E-state index in [0.29, 0.717) is 12.8 Å². The molecule has 1 aliphatic carbocycles. The standard InChI is InChI=1S/C13H15FO6S2/c1-21(17,18)10-6-8(13(3-4-13)7-11(15)16)5-9(14)12(10)22(2,19)20/h5-6H,3-4,7H2,1-2H3,(H,15,16). The van der Waals surface area contributed by atoms with Crippen LogP contribution >= 0.6 is 0 Å². The van der Waals surface area contributed by atoms with Crippen LogP contribution in [0.2, 0.25) is 0 Å². The summed E-state index contributed by atoms with van der Waals surface area (Å²) in [5.74, 6) is -2.25. The van der Waals surface area contributed by atoms with E-state index in [0.717, 1.165) is 24.6 Å². The van der Waals surface area contributed by atoms with Gasteiger partial charge in [0.15, 0.2) is 19.7 Å². The summed E-state index contributed by atoms with van der Waals surface area (Å²) in [5, 5.41) is 8.92. The molecule has 6 nitrogen and oxygen atoms in total. The molecule has 1 aromatic carbocycles. The number of aliphatic carboxylic acids is 1. The fourth-order valence-corrected chi connectivity index (χ4v) is 5.04. The predicted octanol–water partition coefficient (Wildman–Crippen LogP) is 1.14. The zero-order valence-electron chi connectivity index (χ0n) is 12.0. The van der Waals surface area contributed by atoms with Gasteiger partial charge in [0, 0.05) is 17.9 Å². The first-order chi connectivity index (χ1) is 9.87. The van der Waals surface area contributed by atoms with E-state index >= 15 is 0 Å². The fourth-order valence-electron chi connectivity index (χ4n) is 2.52. The highest BCUT2D eigenvalue weighted by molar-refractivity contribution is 7.93. The monoisotopic (exact) mass is 350 g/mol. The highest BCUT2D eigenvalue weighted by atomic mass is 32.2. The summed E-state index contributed by atoms with van der Waals surface area (Å²) >= 11 is 0. The predicted molar refractivity (Wildman–Crippen MR) is 75.8 cm³/mol. The lowest BCUT2D eigenvalue weighted by molar-refractivity contribution is -0.137. The maximum atomic E-state index is 14.2. The van der Waals surface area contributed by atoms with Crippen molar-refractivity contribution in [3.63, 3.8) is 0 Å². The van der Waals surface area contributed by atoms with Crippen molar-refractivity contribution in [3.05, 3.63) is 23.5 Å². The molecule has 1 N–H and O–H groups in total. The van der Waals surface area contributed by atoms with Crippen molar-refractivity contribution in [2.24, 2.45) is 0 Å². The SMILES string of the molecule is CS(=O)(=O)c1cc(C2(CC(=O)O)CC2)cc(F)c1S(C)(=O)=O. The first kappa shape index (κ1) is 16.9. The van der Waals surface area contributed by atoms with Gasteiger partial charge < -0.3 is 5.11 Å². The number of hydrogen-bond donors (Lipinski definition) is 1. The Labute approximate surface area is 127 Å². The molecule has 2 rings (SSSR count). The molecular weight excluding hydrogens is 335 g/mol. The van der Waals surface area contributed by atoms with Gasteiger partial charge in [-0.2, -0.15) is 0 Å². The van der Waals surface area contributed by atoms with Crippen molar-refractivity contribution >= 4 is 25.6 Å². The molecule has 0 aromatic heterocycles. The first-order valence-corrected chi connectivity index (χ1v) is 10.1. The van der Waals surface area contributed by atoms with Crippen LogP contribution in [0.4, 0.5) is 4.39 Å². The molecule has 0 heterocycles. The van der Waals surface area contributed by atoms with E-state index < -0.39 is 46.7 Å². The largest absolute Gasteiger partial charge is 0.481 e. The van der Waals surface area contributed by atoms with E-state index in [2.05, 4.69) is 0 Å². The number of sulfone groups is 2. The molecule has 0 aliphatic heterocycles. The van der Waals surface area contributed by atoms with Gasteiger partial charge in [-0.15, -0.1) is 0 Å². The zero-order valence-corrected chi connectivity index (χ0v) is 13.6. The third-order valence-corrected chi connectivity index (χ3v) is 6.14. The Morgan fingerprint density at radius 1 is 1.18 bits per heavy atom. The molecule has 0 radical (unpaired) electrons. The van der Waals surface area contributed by atoms with Crippen LogP contribution < -0.4 is 0 Å². The number of halogens is 1. The summed E-state index contributed by atoms with van der Waals surface area (Å²) in [6.45, 7) is 0. The lowest BCUT2D eigenvalue weighted by atomic mass is 9.92. The van der Waals surface area contributed by atoms with E-state index in [1.165, 1.54) is 0 Å². The van der Waals surface area contributed by atoms with Gasteiger partial charge in [0.1, 0.15) is 10.7 Å². The Morgan fingerprint density at radius 3 is 2.09 bits per heavy atom. The minimum absolute atomic E-state index is 0.209. The second-order valence-electron chi connectivity index (χ2n) is 5.68. The highest BCUT2D eigenvalue weighted by Gasteiger charge is 2.47. The molecule has 0 amide bonds. The number of carboxylic acids is 1. The summed E-state index contributed by atoms with van der Waals surface area (Å²) < 4.78 is 61.2. The van der Waals surface area contributed by atoms with E-state index in [4.69, 9.17) is 5.11 Å². The molecule has 0 unspecified atom stereocenters. The van der Waals surface area contributed by atoms with Crippen LogP contribution in [0.5, 0.6) is 0 Å². The van der Waals surface area contributed by atoms with Gasteiger partial charge in [-0.3, -0.25) is 4.79 Å². The number of hydrogen-bond acceptors (Lipinski definition) is 5. The second-order valence-corrected chi connectivity index (χ2v) is 9.62. The molecule has 122 valence electrons. The molecule has 1 fully saturated rings. The third-order valence-electron chi connectivity index (χ3n) is 3.74. The van der Waals surface area contributed by atoms with E-state index in [1.807, 2.05) is 0 Å². The van der Waals surface area contributed by atoms with E-state index in [9.17, 15) is 26.0 Å². The van der Waals surface area contributed by atoms with Gasteiger partial charge >= 0.3 is 5.97 Å². The Morgan fingerprint density at radius 2 is 1.73 bits per heavy atom. The number of rotatable bonds is 5. The van der Waals surface area contributed by atoms with Crippen LogP contribution in [0.1, 0.15) is 24.8 Å². The Balaban J connectivity index is 2.73. The molecular formula is C13H15FO6S2. The van der Waals surface area contributed by atoms with Gasteiger partial charge in [-0.05, 0) is 30.5 Å². The molecule has 9 heteroatoms. The summed E-state index contributed by atoms with van der Waals surface area (Å²) in [7, 11) is -8.07. The van der Waals surface area contributed by atoms with Gasteiger partial charge in [0.25, 0.3) is 0 Å². The topological polar surface area (TPSA) is 106 Å². The van der Waals surface area contributed by atoms with Crippen molar-refractivity contribution in [2.75, 3.05) is 12.5 Å². The maximum absolute atomic E-state index is 14.2. The molecule has 22 heavy (non-hydrogen) atoms. The van der Waals surface area contributed by atoms with Crippen molar-refractivity contribution in [3.8, 4) is 0 Å². The Hall–Kier alpha value is -1.48. The molecule has 0 bridgehead atoms. The molecule has 1 aromatic rings. The van der Waals surface area contributed by atoms with Crippen LogP contribution in [-0.4, -0.2) is 40.4 Å². The maximum Gasteiger partial charge on any atom is 0.304 e. The zero-order chi connectivity index (χ0) is 16.9. The third kappa shape index (κ3) is 3.14. The molecule has 0 spiro atoms. The molecule has 0 saturated heterocycles. The minimum atomic E-state index is -4.08. The van der Waals surface area contributed by atoms with Gasteiger partial charge in [0.05, 0.1) is 11.3 Å². The van der Waals surface area contributed by atoms with Gasteiger partial charge in [-0.1, -0.05) is 0 Å². The van der Waals surface area contributed by atoms with Crippen LogP contribution in [0.3, 0.4) is 0 Å². The van der Waals surface area contributed by atoms with E-state index in [1.54, 1.807) is 0 Å². The van der Waals surface area contributed by atoms with Crippen LogP contribution in [0.25, 0.3) is 0 Å². The highest BCUT2D eigenvalue weighted by Crippen LogP contribution is 2.52. The summed E-state index contributed by atoms with van der Waals surface area (Å²) in [4.78, 5) is 9.42. The normalized spacial score (nSPS) is 17.2. The fraction of sp³-hybridized carbons (Fsp3) is 0.462. The lowest BCUT2D eigenvalue weighted by Crippen LogP contribution is -2.17. The quantitative estimate of drug-likeness (QED) is 0.853. The average Bonchev–Trinajstić information content (AvgIpc) is 3.04. The lowest BCUT2D eigenvalue weighted by Gasteiger charge is -2.16. The second kappa shape index (κ2) is 5.02. The van der Waals surface area contributed by atoms with Crippen molar-refractivity contribution in [1.82, 2.24) is 0 Å². The molecule has 1 saturated carbocycles. The molecule has 0 atom stereocenters. The van der Waals surface area contributed by atoms with Crippen molar-refractivity contribution in [2.45, 2.75) is 34.5 Å². The number of benzene rings is 1. The smallest absolute Gasteiger partial charge is 0.304 e. The van der Waals surface area contributed by atoms with Crippen LogP contribution in [-0.2, 0) is 29.9 Å². The molecule has 1 aliphatic rings. The summed E-state index contributed by atoms with van der Waals surface area (Å²) in [5.41, 5.74) is -0.609. The van der Waals surface area contributed by atoms with Crippen molar-refractivity contribution in [1.29, 1.82) is 0 Å². The number of carboxylic acid groups (broad SMARTS) is 1. The average molecular weight is 350 g/mol. The summed E-state index contributed by atoms with van der Waals surface area (Å²) in [6, 6.07) is 2.02. The Bertz CT molecular complexity index is 851. The van der Waals surface area contributed by atoms with Crippen LogP contribution in [0.15, 0.2) is 21.9 Å². The van der Waals surface area contributed by atoms with E-state index in [-0.39, 0.29) is 12.0 Å². The summed E-state index contributed by atoms with van der Waals surface area (Å²) in [6.07, 6.45) is 2.23.